The summed E-state index contributed by atoms with van der Waals surface area (Å²) in [6.07, 6.45) is 1.21. The van der Waals surface area contributed by atoms with Gasteiger partial charge in [-0.25, -0.2) is 0 Å². The zero-order valence-corrected chi connectivity index (χ0v) is 11.7. The zero-order valence-electron chi connectivity index (χ0n) is 10.9. The van der Waals surface area contributed by atoms with Gasteiger partial charge in [0.25, 0.3) is 0 Å². The van der Waals surface area contributed by atoms with E-state index in [0.29, 0.717) is 11.7 Å². The van der Waals surface area contributed by atoms with Crippen LogP contribution in [0, 0.1) is 0 Å². The van der Waals surface area contributed by atoms with E-state index >= 15 is 0 Å². The molecule has 0 spiro atoms. The molecule has 1 aromatic rings. The lowest BCUT2D eigenvalue weighted by molar-refractivity contribution is 0.00578. The minimum Gasteiger partial charge on any atom is -0.403 e. The van der Waals surface area contributed by atoms with Crippen LogP contribution in [0.3, 0.4) is 0 Å². The van der Waals surface area contributed by atoms with Crippen molar-refractivity contribution in [1.82, 2.24) is 0 Å². The smallest absolute Gasteiger partial charge is 0.403 e. The van der Waals surface area contributed by atoms with Crippen LogP contribution in [0.4, 0.5) is 0 Å². The van der Waals surface area contributed by atoms with Crippen LogP contribution < -0.4 is 0 Å². The van der Waals surface area contributed by atoms with E-state index in [2.05, 4.69) is 45.2 Å². The minimum atomic E-state index is -0.194. The molecule has 0 amide bonds. The van der Waals surface area contributed by atoms with E-state index in [4.69, 9.17) is 9.31 Å². The maximum absolute atomic E-state index is 6.10. The van der Waals surface area contributed by atoms with Gasteiger partial charge in [0.15, 0.2) is 0 Å². The van der Waals surface area contributed by atoms with Gasteiger partial charge < -0.3 is 9.31 Å². The molecule has 92 valence electrons. The average molecular weight is 250 g/mol. The summed E-state index contributed by atoms with van der Waals surface area (Å²) in [5.41, 5.74) is -0.388. The molecule has 1 saturated carbocycles. The highest BCUT2D eigenvalue weighted by molar-refractivity contribution is 7.10. The first kappa shape index (κ1) is 11.8. The summed E-state index contributed by atoms with van der Waals surface area (Å²) in [5, 5.41) is 2.15. The van der Waals surface area contributed by atoms with Gasteiger partial charge in [0.2, 0.25) is 0 Å². The van der Waals surface area contributed by atoms with Gasteiger partial charge in [0.05, 0.1) is 11.2 Å². The molecule has 2 heterocycles. The molecule has 17 heavy (non-hydrogen) atoms. The third-order valence-corrected chi connectivity index (χ3v) is 5.37. The Morgan fingerprint density at radius 1 is 1.24 bits per heavy atom. The molecule has 0 aromatic carbocycles. The van der Waals surface area contributed by atoms with Crippen molar-refractivity contribution >= 4 is 18.5 Å². The van der Waals surface area contributed by atoms with Gasteiger partial charge in [-0.1, -0.05) is 6.07 Å². The predicted molar refractivity (Wildman–Crippen MR) is 71.5 cm³/mol. The topological polar surface area (TPSA) is 18.5 Å². The molecule has 0 N–H and O–H groups in total. The molecule has 2 unspecified atom stereocenters. The molecule has 1 aliphatic heterocycles. The molecular weight excluding hydrogens is 231 g/mol. The third-order valence-electron chi connectivity index (χ3n) is 4.37. The average Bonchev–Trinajstić information content (AvgIpc) is 2.75. The standard InChI is InChI=1S/C13H19BO2S/c1-12(2)13(3,4)16-14(15-12)10-8-9(10)11-6-5-7-17-11/h5-7,9-10H,8H2,1-4H3. The van der Waals surface area contributed by atoms with Crippen LogP contribution in [0.5, 0.6) is 0 Å². The molecule has 1 aromatic heterocycles. The van der Waals surface area contributed by atoms with E-state index in [-0.39, 0.29) is 18.3 Å². The van der Waals surface area contributed by atoms with Gasteiger partial charge in [-0.2, -0.15) is 0 Å². The molecule has 2 nitrogen and oxygen atoms in total. The fourth-order valence-electron chi connectivity index (χ4n) is 2.41. The van der Waals surface area contributed by atoms with Gasteiger partial charge in [-0.05, 0) is 51.5 Å². The number of hydrogen-bond acceptors (Lipinski definition) is 3. The molecule has 1 aliphatic carbocycles. The van der Waals surface area contributed by atoms with Crippen molar-refractivity contribution in [2.75, 3.05) is 0 Å². The molecule has 2 fully saturated rings. The lowest BCUT2D eigenvalue weighted by Crippen LogP contribution is -2.41. The lowest BCUT2D eigenvalue weighted by Gasteiger charge is -2.32. The summed E-state index contributed by atoms with van der Waals surface area (Å²) < 4.78 is 12.2. The Bertz CT molecular complexity index is 397. The fourth-order valence-corrected chi connectivity index (χ4v) is 3.33. The van der Waals surface area contributed by atoms with Crippen LogP contribution in [-0.2, 0) is 9.31 Å². The quantitative estimate of drug-likeness (QED) is 0.745. The Labute approximate surface area is 107 Å². The van der Waals surface area contributed by atoms with E-state index in [0.717, 1.165) is 0 Å². The first-order valence-corrected chi connectivity index (χ1v) is 7.18. The summed E-state index contributed by atoms with van der Waals surface area (Å²) in [7, 11) is -0.0212. The largest absolute Gasteiger partial charge is 0.461 e. The van der Waals surface area contributed by atoms with E-state index < -0.39 is 0 Å². The molecule has 0 bridgehead atoms. The van der Waals surface area contributed by atoms with Crippen molar-refractivity contribution in [1.29, 1.82) is 0 Å². The second-order valence-electron chi connectivity index (χ2n) is 6.15. The monoisotopic (exact) mass is 250 g/mol. The van der Waals surface area contributed by atoms with Gasteiger partial charge in [-0.15, -0.1) is 11.3 Å². The SMILES string of the molecule is CC1(C)OB(C2CC2c2cccs2)OC1(C)C. The van der Waals surface area contributed by atoms with Gasteiger partial charge in [0, 0.05) is 10.7 Å². The van der Waals surface area contributed by atoms with Crippen molar-refractivity contribution in [3.63, 3.8) is 0 Å². The molecular formula is C13H19BO2S. The first-order valence-electron chi connectivity index (χ1n) is 6.30. The fraction of sp³-hybridized carbons (Fsp3) is 0.692. The summed E-state index contributed by atoms with van der Waals surface area (Å²) in [6, 6.07) is 4.35. The number of thiophene rings is 1. The molecule has 4 heteroatoms. The molecule has 0 radical (unpaired) electrons. The molecule has 3 rings (SSSR count). The molecule has 1 saturated heterocycles. The summed E-state index contributed by atoms with van der Waals surface area (Å²) >= 11 is 1.84. The van der Waals surface area contributed by atoms with Crippen LogP contribution in [-0.4, -0.2) is 18.3 Å². The molecule has 2 aliphatic rings. The Morgan fingerprint density at radius 3 is 2.41 bits per heavy atom. The minimum absolute atomic E-state index is 0.0212. The van der Waals surface area contributed by atoms with E-state index in [1.165, 1.54) is 11.3 Å². The second kappa shape index (κ2) is 3.59. The summed E-state index contributed by atoms with van der Waals surface area (Å²) in [5.74, 6) is 1.21. The van der Waals surface area contributed by atoms with E-state index in [1.54, 1.807) is 0 Å². The van der Waals surface area contributed by atoms with Crippen LogP contribution in [0.2, 0.25) is 5.82 Å². The Kier molecular flexibility index (Phi) is 2.48. The van der Waals surface area contributed by atoms with Crippen LogP contribution in [0.1, 0.15) is 44.9 Å². The Morgan fingerprint density at radius 2 is 1.88 bits per heavy atom. The van der Waals surface area contributed by atoms with Crippen molar-refractivity contribution < 1.29 is 9.31 Å². The van der Waals surface area contributed by atoms with Crippen LogP contribution in [0.25, 0.3) is 0 Å². The highest BCUT2D eigenvalue weighted by Crippen LogP contribution is 2.59. The first-order chi connectivity index (χ1) is 7.91. The number of rotatable bonds is 2. The zero-order chi connectivity index (χ0) is 12.3. The highest BCUT2D eigenvalue weighted by Gasteiger charge is 2.60. The second-order valence-corrected chi connectivity index (χ2v) is 7.13. The normalized spacial score (nSPS) is 34.0. The van der Waals surface area contributed by atoms with E-state index in [9.17, 15) is 0 Å². The predicted octanol–water partition coefficient (Wildman–Crippen LogP) is 3.70. The van der Waals surface area contributed by atoms with Crippen molar-refractivity contribution in [3.05, 3.63) is 22.4 Å². The third kappa shape index (κ3) is 1.87. The highest BCUT2D eigenvalue weighted by atomic mass is 32.1. The van der Waals surface area contributed by atoms with Crippen molar-refractivity contribution in [2.45, 2.75) is 57.1 Å². The van der Waals surface area contributed by atoms with E-state index in [1.807, 2.05) is 11.3 Å². The van der Waals surface area contributed by atoms with Gasteiger partial charge in [-0.3, -0.25) is 0 Å². The van der Waals surface area contributed by atoms with Gasteiger partial charge in [0.1, 0.15) is 0 Å². The van der Waals surface area contributed by atoms with Crippen LogP contribution >= 0.6 is 11.3 Å². The maximum atomic E-state index is 6.10. The lowest BCUT2D eigenvalue weighted by atomic mass is 9.80. The van der Waals surface area contributed by atoms with Crippen molar-refractivity contribution in [3.8, 4) is 0 Å². The Balaban J connectivity index is 1.70. The summed E-state index contributed by atoms with van der Waals surface area (Å²) in [4.78, 5) is 1.48. The molecule has 2 atom stereocenters. The summed E-state index contributed by atoms with van der Waals surface area (Å²) in [6.45, 7) is 8.48. The number of hydrogen-bond donors (Lipinski definition) is 0. The maximum Gasteiger partial charge on any atom is 0.461 e. The van der Waals surface area contributed by atoms with Crippen LogP contribution in [0.15, 0.2) is 17.5 Å². The van der Waals surface area contributed by atoms with Crippen molar-refractivity contribution in [2.24, 2.45) is 0 Å². The Hall–Kier alpha value is -0.315. The van der Waals surface area contributed by atoms with Gasteiger partial charge >= 0.3 is 7.12 Å².